The third-order valence-corrected chi connectivity index (χ3v) is 3.43. The second-order valence-electron chi connectivity index (χ2n) is 4.40. The largest absolute Gasteiger partial charge is 0.302 e. The highest BCUT2D eigenvalue weighted by atomic mass is 15.1. The van der Waals surface area contributed by atoms with E-state index >= 15 is 0 Å². The monoisotopic (exact) mass is 214 g/mol. The van der Waals surface area contributed by atoms with Crippen molar-refractivity contribution in [3.05, 3.63) is 35.4 Å². The van der Waals surface area contributed by atoms with Crippen molar-refractivity contribution < 1.29 is 0 Å². The zero-order chi connectivity index (χ0) is 11.4. The average Bonchev–Trinajstić information content (AvgIpc) is 2.30. The summed E-state index contributed by atoms with van der Waals surface area (Å²) in [6.07, 6.45) is 1.85. The Bertz CT molecular complexity index is 392. The molecule has 0 spiro atoms. The summed E-state index contributed by atoms with van der Waals surface area (Å²) in [6.45, 7) is 5.23. The standard InChI is InChI=1S/C14H18N2/c1-2-16(9-5-8-15)11-13-10-12-6-3-4-7-14(12)13/h3-4,6-7,13H,2,5,9-11H2,1H3. The number of fused-ring (bicyclic) bond motifs is 1. The number of hydrogen-bond acceptors (Lipinski definition) is 2. The Morgan fingerprint density at radius 1 is 1.44 bits per heavy atom. The van der Waals surface area contributed by atoms with Crippen molar-refractivity contribution in [3.8, 4) is 6.07 Å². The van der Waals surface area contributed by atoms with E-state index in [0.717, 1.165) is 19.6 Å². The van der Waals surface area contributed by atoms with Crippen molar-refractivity contribution in [2.24, 2.45) is 0 Å². The number of hydrogen-bond donors (Lipinski definition) is 0. The molecule has 1 aromatic carbocycles. The molecule has 0 aromatic heterocycles. The van der Waals surface area contributed by atoms with E-state index in [0.29, 0.717) is 12.3 Å². The van der Waals surface area contributed by atoms with Crippen LogP contribution in [0.15, 0.2) is 24.3 Å². The summed E-state index contributed by atoms with van der Waals surface area (Å²) in [6, 6.07) is 10.9. The van der Waals surface area contributed by atoms with Crippen molar-refractivity contribution in [3.63, 3.8) is 0 Å². The molecule has 2 nitrogen and oxygen atoms in total. The van der Waals surface area contributed by atoms with Crippen LogP contribution in [0.1, 0.15) is 30.4 Å². The van der Waals surface area contributed by atoms with Gasteiger partial charge in [-0.1, -0.05) is 31.2 Å². The maximum atomic E-state index is 8.60. The predicted molar refractivity (Wildman–Crippen MR) is 65.2 cm³/mol. The second kappa shape index (κ2) is 5.14. The zero-order valence-corrected chi connectivity index (χ0v) is 9.82. The van der Waals surface area contributed by atoms with Gasteiger partial charge < -0.3 is 4.90 Å². The number of nitrogens with zero attached hydrogens (tertiary/aromatic N) is 2. The maximum absolute atomic E-state index is 8.60. The molecule has 0 bridgehead atoms. The van der Waals surface area contributed by atoms with E-state index in [4.69, 9.17) is 5.26 Å². The number of rotatable bonds is 5. The molecule has 1 unspecified atom stereocenters. The van der Waals surface area contributed by atoms with Crippen LogP contribution >= 0.6 is 0 Å². The fraction of sp³-hybridized carbons (Fsp3) is 0.500. The molecular formula is C14H18N2. The van der Waals surface area contributed by atoms with Crippen LogP contribution < -0.4 is 0 Å². The van der Waals surface area contributed by atoms with Crippen LogP contribution in [0.5, 0.6) is 0 Å². The van der Waals surface area contributed by atoms with E-state index < -0.39 is 0 Å². The lowest BCUT2D eigenvalue weighted by atomic mass is 9.77. The molecule has 0 saturated heterocycles. The lowest BCUT2D eigenvalue weighted by molar-refractivity contribution is 0.265. The number of nitriles is 1. The SMILES string of the molecule is CCN(CCC#N)CC1Cc2ccccc21. The molecule has 1 atom stereocenters. The van der Waals surface area contributed by atoms with E-state index in [2.05, 4.69) is 42.2 Å². The molecule has 1 aromatic rings. The van der Waals surface area contributed by atoms with E-state index in [1.165, 1.54) is 17.5 Å². The molecule has 1 aliphatic carbocycles. The van der Waals surface area contributed by atoms with Gasteiger partial charge in [0.1, 0.15) is 0 Å². The normalized spacial score (nSPS) is 17.7. The van der Waals surface area contributed by atoms with Crippen molar-refractivity contribution >= 4 is 0 Å². The van der Waals surface area contributed by atoms with Gasteiger partial charge in [-0.3, -0.25) is 0 Å². The molecule has 0 amide bonds. The van der Waals surface area contributed by atoms with Gasteiger partial charge in [-0.05, 0) is 24.1 Å². The highest BCUT2D eigenvalue weighted by Crippen LogP contribution is 2.35. The van der Waals surface area contributed by atoms with Gasteiger partial charge in [0.25, 0.3) is 0 Å². The van der Waals surface area contributed by atoms with E-state index in [1.54, 1.807) is 0 Å². The summed E-state index contributed by atoms with van der Waals surface area (Å²) in [4.78, 5) is 2.38. The van der Waals surface area contributed by atoms with Crippen molar-refractivity contribution in [2.75, 3.05) is 19.6 Å². The van der Waals surface area contributed by atoms with Gasteiger partial charge in [0, 0.05) is 25.4 Å². The molecule has 2 heteroatoms. The van der Waals surface area contributed by atoms with Gasteiger partial charge in [0.15, 0.2) is 0 Å². The molecule has 0 N–H and O–H groups in total. The summed E-state index contributed by atoms with van der Waals surface area (Å²) < 4.78 is 0. The number of benzene rings is 1. The third-order valence-electron chi connectivity index (χ3n) is 3.43. The highest BCUT2D eigenvalue weighted by molar-refractivity contribution is 5.40. The quantitative estimate of drug-likeness (QED) is 0.753. The Labute approximate surface area is 97.5 Å². The zero-order valence-electron chi connectivity index (χ0n) is 9.82. The van der Waals surface area contributed by atoms with Crippen LogP contribution in [-0.4, -0.2) is 24.5 Å². The Kier molecular flexibility index (Phi) is 3.58. The first-order valence-electron chi connectivity index (χ1n) is 6.02. The Hall–Kier alpha value is -1.33. The molecule has 0 fully saturated rings. The molecule has 0 aliphatic heterocycles. The van der Waals surface area contributed by atoms with Gasteiger partial charge >= 0.3 is 0 Å². The molecule has 2 rings (SSSR count). The molecule has 16 heavy (non-hydrogen) atoms. The first kappa shape index (κ1) is 11.2. The minimum Gasteiger partial charge on any atom is -0.302 e. The highest BCUT2D eigenvalue weighted by Gasteiger charge is 2.26. The smallest absolute Gasteiger partial charge is 0.0635 e. The molecule has 84 valence electrons. The molecule has 0 saturated carbocycles. The third kappa shape index (κ3) is 2.25. The summed E-state index contributed by atoms with van der Waals surface area (Å²) in [5, 5.41) is 8.60. The van der Waals surface area contributed by atoms with Crippen LogP contribution in [0, 0.1) is 11.3 Å². The summed E-state index contributed by atoms with van der Waals surface area (Å²) >= 11 is 0. The summed E-state index contributed by atoms with van der Waals surface area (Å²) in [5.41, 5.74) is 3.02. The fourth-order valence-electron chi connectivity index (χ4n) is 2.42. The minimum absolute atomic E-state index is 0.641. The van der Waals surface area contributed by atoms with Crippen LogP contribution in [0.2, 0.25) is 0 Å². The van der Waals surface area contributed by atoms with Gasteiger partial charge in [-0.2, -0.15) is 5.26 Å². The summed E-state index contributed by atoms with van der Waals surface area (Å²) in [5.74, 6) is 0.690. The van der Waals surface area contributed by atoms with Crippen LogP contribution in [0.25, 0.3) is 0 Å². The van der Waals surface area contributed by atoms with Crippen LogP contribution in [0.3, 0.4) is 0 Å². The van der Waals surface area contributed by atoms with E-state index in [9.17, 15) is 0 Å². The summed E-state index contributed by atoms with van der Waals surface area (Å²) in [7, 11) is 0. The second-order valence-corrected chi connectivity index (χ2v) is 4.40. The first-order valence-corrected chi connectivity index (χ1v) is 6.02. The van der Waals surface area contributed by atoms with Crippen LogP contribution in [-0.2, 0) is 6.42 Å². The number of likely N-dealkylation sites (N-methyl/N-ethyl adjacent to an activating group) is 1. The van der Waals surface area contributed by atoms with Gasteiger partial charge in [0.05, 0.1) is 6.07 Å². The topological polar surface area (TPSA) is 27.0 Å². The van der Waals surface area contributed by atoms with Gasteiger partial charge in [-0.15, -0.1) is 0 Å². The molecule has 0 heterocycles. The minimum atomic E-state index is 0.641. The predicted octanol–water partition coefficient (Wildman–Crippen LogP) is 2.56. The van der Waals surface area contributed by atoms with Crippen molar-refractivity contribution in [2.45, 2.75) is 25.7 Å². The Balaban J connectivity index is 1.90. The van der Waals surface area contributed by atoms with Crippen molar-refractivity contribution in [1.29, 1.82) is 5.26 Å². The molecule has 0 radical (unpaired) electrons. The Morgan fingerprint density at radius 3 is 2.94 bits per heavy atom. The fourth-order valence-corrected chi connectivity index (χ4v) is 2.42. The van der Waals surface area contributed by atoms with Gasteiger partial charge in [0.2, 0.25) is 0 Å². The maximum Gasteiger partial charge on any atom is 0.0635 e. The lowest BCUT2D eigenvalue weighted by Gasteiger charge is -2.34. The van der Waals surface area contributed by atoms with Crippen molar-refractivity contribution in [1.82, 2.24) is 4.90 Å². The lowest BCUT2D eigenvalue weighted by Crippen LogP contribution is -2.33. The van der Waals surface area contributed by atoms with Gasteiger partial charge in [-0.25, -0.2) is 0 Å². The van der Waals surface area contributed by atoms with E-state index in [-0.39, 0.29) is 0 Å². The van der Waals surface area contributed by atoms with Crippen LogP contribution in [0.4, 0.5) is 0 Å². The Morgan fingerprint density at radius 2 is 2.25 bits per heavy atom. The average molecular weight is 214 g/mol. The molecule has 1 aliphatic rings. The van der Waals surface area contributed by atoms with E-state index in [1.807, 2.05) is 0 Å². The molecular weight excluding hydrogens is 196 g/mol. The first-order chi connectivity index (χ1) is 7.85.